The fourth-order valence-electron chi connectivity index (χ4n) is 0.925. The van der Waals surface area contributed by atoms with E-state index in [4.69, 9.17) is 0 Å². The maximum atomic E-state index is 9.37. The quantitative estimate of drug-likeness (QED) is 0.497. The molecule has 0 saturated carbocycles. The first kappa shape index (κ1) is 9.26. The zero-order valence-corrected chi connectivity index (χ0v) is 7.94. The third-order valence-electron chi connectivity index (χ3n) is 1.55. The van der Waals surface area contributed by atoms with E-state index in [1.807, 2.05) is 6.07 Å². The van der Waals surface area contributed by atoms with Crippen LogP contribution < -0.4 is 5.32 Å². The highest BCUT2D eigenvalue weighted by atomic mass is 32.1. The molecule has 0 amide bonds. The lowest BCUT2D eigenvalue weighted by Gasteiger charge is -2.06. The third kappa shape index (κ3) is 2.34. The zero-order valence-electron chi connectivity index (χ0n) is 7.04. The molecule has 66 valence electrons. The van der Waals surface area contributed by atoms with Crippen LogP contribution in [0.5, 0.6) is 5.75 Å². The molecule has 0 atom stereocenters. The van der Waals surface area contributed by atoms with Crippen molar-refractivity contribution in [3.8, 4) is 5.75 Å². The van der Waals surface area contributed by atoms with Crippen LogP contribution in [0, 0.1) is 0 Å². The van der Waals surface area contributed by atoms with E-state index >= 15 is 0 Å². The Morgan fingerprint density at radius 1 is 1.50 bits per heavy atom. The van der Waals surface area contributed by atoms with E-state index in [2.05, 4.69) is 24.9 Å². The van der Waals surface area contributed by atoms with E-state index < -0.39 is 0 Å². The summed E-state index contributed by atoms with van der Waals surface area (Å²) in [6.07, 6.45) is 1.04. The smallest absolute Gasteiger partial charge is 0.138 e. The highest BCUT2D eigenvalue weighted by molar-refractivity contribution is 7.80. The number of phenolic OH excluding ortho intramolecular Hbond substituents is 1. The molecule has 0 heterocycles. The largest absolute Gasteiger partial charge is 0.506 e. The lowest BCUT2D eigenvalue weighted by Crippen LogP contribution is -1.99. The van der Waals surface area contributed by atoms with E-state index in [0.717, 1.165) is 23.5 Å². The Balaban J connectivity index is 2.75. The first-order chi connectivity index (χ1) is 5.74. The molecule has 0 saturated heterocycles. The molecule has 0 bridgehead atoms. The number of thiol groups is 1. The highest BCUT2D eigenvalue weighted by Crippen LogP contribution is 2.25. The molecule has 0 spiro atoms. The van der Waals surface area contributed by atoms with Crippen molar-refractivity contribution in [3.05, 3.63) is 18.2 Å². The van der Waals surface area contributed by atoms with E-state index in [-0.39, 0.29) is 5.75 Å². The van der Waals surface area contributed by atoms with E-state index in [9.17, 15) is 5.11 Å². The monoisotopic (exact) mass is 183 g/mol. The molecule has 1 aromatic carbocycles. The van der Waals surface area contributed by atoms with Gasteiger partial charge >= 0.3 is 0 Å². The molecular formula is C9H13NOS. The molecule has 2 nitrogen and oxygen atoms in total. The number of nitrogens with one attached hydrogen (secondary N) is 1. The molecular weight excluding hydrogens is 170 g/mol. The Kier molecular flexibility index (Phi) is 3.29. The Bertz CT molecular complexity index is 263. The minimum Gasteiger partial charge on any atom is -0.506 e. The van der Waals surface area contributed by atoms with Crippen molar-refractivity contribution >= 4 is 18.3 Å². The second-order valence-corrected chi connectivity index (χ2v) is 3.14. The average Bonchev–Trinajstić information content (AvgIpc) is 2.07. The van der Waals surface area contributed by atoms with Gasteiger partial charge in [-0.3, -0.25) is 0 Å². The lowest BCUT2D eigenvalue weighted by molar-refractivity contribution is 0.476. The van der Waals surface area contributed by atoms with Gasteiger partial charge in [-0.2, -0.15) is 0 Å². The van der Waals surface area contributed by atoms with Crippen molar-refractivity contribution in [2.75, 3.05) is 11.9 Å². The van der Waals surface area contributed by atoms with Crippen LogP contribution in [0.15, 0.2) is 23.1 Å². The summed E-state index contributed by atoms with van der Waals surface area (Å²) in [5.74, 6) is 0.279. The van der Waals surface area contributed by atoms with Crippen molar-refractivity contribution in [2.45, 2.75) is 18.2 Å². The maximum Gasteiger partial charge on any atom is 0.138 e. The number of aromatic hydroxyl groups is 1. The summed E-state index contributed by atoms with van der Waals surface area (Å²) in [7, 11) is 0. The summed E-state index contributed by atoms with van der Waals surface area (Å²) in [5, 5.41) is 12.5. The summed E-state index contributed by atoms with van der Waals surface area (Å²) >= 11 is 4.17. The molecule has 0 aliphatic rings. The molecule has 1 aromatic rings. The summed E-state index contributed by atoms with van der Waals surface area (Å²) in [4.78, 5) is 0.853. The first-order valence-electron chi connectivity index (χ1n) is 4.00. The molecule has 0 radical (unpaired) electrons. The molecule has 0 aromatic heterocycles. The van der Waals surface area contributed by atoms with Gasteiger partial charge in [0.25, 0.3) is 0 Å². The summed E-state index contributed by atoms with van der Waals surface area (Å²) < 4.78 is 0. The van der Waals surface area contributed by atoms with Gasteiger partial charge in [-0.1, -0.05) is 6.92 Å². The second kappa shape index (κ2) is 4.26. The molecule has 3 heteroatoms. The van der Waals surface area contributed by atoms with Crippen LogP contribution >= 0.6 is 12.6 Å². The average molecular weight is 183 g/mol. The van der Waals surface area contributed by atoms with Crippen LogP contribution in [0.2, 0.25) is 0 Å². The van der Waals surface area contributed by atoms with Gasteiger partial charge in [-0.05, 0) is 24.6 Å². The van der Waals surface area contributed by atoms with Crippen molar-refractivity contribution in [3.63, 3.8) is 0 Å². The predicted octanol–water partition coefficient (Wildman–Crippen LogP) is 2.50. The number of hydrogen-bond donors (Lipinski definition) is 3. The zero-order chi connectivity index (χ0) is 8.97. The van der Waals surface area contributed by atoms with Gasteiger partial charge in [0.15, 0.2) is 0 Å². The van der Waals surface area contributed by atoms with Gasteiger partial charge in [0.05, 0.1) is 5.69 Å². The highest BCUT2D eigenvalue weighted by Gasteiger charge is 1.98. The van der Waals surface area contributed by atoms with Crippen molar-refractivity contribution < 1.29 is 5.11 Å². The molecule has 0 aliphatic heterocycles. The Morgan fingerprint density at radius 2 is 2.25 bits per heavy atom. The fraction of sp³-hybridized carbons (Fsp3) is 0.333. The number of benzene rings is 1. The third-order valence-corrected chi connectivity index (χ3v) is 1.82. The summed E-state index contributed by atoms with van der Waals surface area (Å²) in [6, 6.07) is 5.21. The topological polar surface area (TPSA) is 32.3 Å². The normalized spacial score (nSPS) is 9.83. The fourth-order valence-corrected chi connectivity index (χ4v) is 1.13. The van der Waals surface area contributed by atoms with Crippen LogP contribution in [0.1, 0.15) is 13.3 Å². The summed E-state index contributed by atoms with van der Waals surface area (Å²) in [6.45, 7) is 2.94. The van der Waals surface area contributed by atoms with E-state index in [0.29, 0.717) is 0 Å². The molecule has 0 fully saturated rings. The van der Waals surface area contributed by atoms with Gasteiger partial charge < -0.3 is 10.4 Å². The minimum atomic E-state index is 0.279. The SMILES string of the molecule is CCCNc1cc(S)ccc1O. The van der Waals surface area contributed by atoms with Crippen molar-refractivity contribution in [2.24, 2.45) is 0 Å². The van der Waals surface area contributed by atoms with Crippen LogP contribution in [-0.4, -0.2) is 11.7 Å². The van der Waals surface area contributed by atoms with E-state index in [1.54, 1.807) is 12.1 Å². The molecule has 0 unspecified atom stereocenters. The first-order valence-corrected chi connectivity index (χ1v) is 4.44. The van der Waals surface area contributed by atoms with Gasteiger partial charge in [0.2, 0.25) is 0 Å². The standard InChI is InChI=1S/C9H13NOS/c1-2-5-10-8-6-7(12)3-4-9(8)11/h3-4,6,10-12H,2,5H2,1H3. The van der Waals surface area contributed by atoms with Crippen LogP contribution in [0.4, 0.5) is 5.69 Å². The number of hydrogen-bond acceptors (Lipinski definition) is 3. The Morgan fingerprint density at radius 3 is 2.92 bits per heavy atom. The van der Waals surface area contributed by atoms with Crippen LogP contribution in [0.3, 0.4) is 0 Å². The second-order valence-electron chi connectivity index (χ2n) is 2.63. The van der Waals surface area contributed by atoms with Gasteiger partial charge in [0.1, 0.15) is 5.75 Å². The van der Waals surface area contributed by atoms with Crippen molar-refractivity contribution in [1.82, 2.24) is 0 Å². The number of anilines is 1. The van der Waals surface area contributed by atoms with Gasteiger partial charge in [-0.25, -0.2) is 0 Å². The van der Waals surface area contributed by atoms with Gasteiger partial charge in [0, 0.05) is 11.4 Å². The Hall–Kier alpha value is -0.830. The number of phenols is 1. The molecule has 1 rings (SSSR count). The van der Waals surface area contributed by atoms with Crippen LogP contribution in [0.25, 0.3) is 0 Å². The summed E-state index contributed by atoms with van der Waals surface area (Å²) in [5.41, 5.74) is 0.754. The minimum absolute atomic E-state index is 0.279. The predicted molar refractivity (Wildman–Crippen MR) is 54.1 cm³/mol. The van der Waals surface area contributed by atoms with E-state index in [1.165, 1.54) is 0 Å². The Labute approximate surface area is 78.0 Å². The number of rotatable bonds is 3. The van der Waals surface area contributed by atoms with Gasteiger partial charge in [-0.15, -0.1) is 12.6 Å². The lowest BCUT2D eigenvalue weighted by atomic mass is 10.3. The van der Waals surface area contributed by atoms with Crippen LogP contribution in [-0.2, 0) is 0 Å². The molecule has 2 N–H and O–H groups in total. The molecule has 0 aliphatic carbocycles. The van der Waals surface area contributed by atoms with Crippen molar-refractivity contribution in [1.29, 1.82) is 0 Å². The maximum absolute atomic E-state index is 9.37. The molecule has 12 heavy (non-hydrogen) atoms.